The van der Waals surface area contributed by atoms with Crippen molar-refractivity contribution in [2.45, 2.75) is 12.7 Å². The van der Waals surface area contributed by atoms with Crippen molar-refractivity contribution in [2.75, 3.05) is 5.32 Å². The quantitative estimate of drug-likeness (QED) is 0.800. The van der Waals surface area contributed by atoms with Gasteiger partial charge in [-0.05, 0) is 23.8 Å². The fourth-order valence-electron chi connectivity index (χ4n) is 1.84. The highest BCUT2D eigenvalue weighted by Gasteiger charge is 2.32. The summed E-state index contributed by atoms with van der Waals surface area (Å²) in [5.41, 5.74) is -0.162. The number of hydrogen-bond acceptors (Lipinski definition) is 5. The van der Waals surface area contributed by atoms with Crippen molar-refractivity contribution < 1.29 is 13.2 Å². The normalized spacial score (nSPS) is 11.4. The second-order valence-electron chi connectivity index (χ2n) is 4.65. The fraction of sp³-hybridized carbons (Fsp3) is 0.143. The third-order valence-electron chi connectivity index (χ3n) is 3.01. The standard InChI is InChI=1S/C14H11F3N6/c15-14(16,17)11-2-3-12(22-21-11)19-7-10-1-4-13(20-8-10)23-6-5-18-9-23/h1-6,8-9H,7H2,(H,19,22). The van der Waals surface area contributed by atoms with Crippen molar-refractivity contribution >= 4 is 5.82 Å². The summed E-state index contributed by atoms with van der Waals surface area (Å²) in [4.78, 5) is 8.21. The summed E-state index contributed by atoms with van der Waals surface area (Å²) in [6, 6.07) is 5.79. The Bertz CT molecular complexity index is 751. The lowest BCUT2D eigenvalue weighted by Crippen LogP contribution is -2.10. The Morgan fingerprint density at radius 2 is 1.96 bits per heavy atom. The molecule has 0 unspecified atom stereocenters. The monoisotopic (exact) mass is 320 g/mol. The van der Waals surface area contributed by atoms with E-state index in [2.05, 4.69) is 25.5 Å². The number of alkyl halides is 3. The van der Waals surface area contributed by atoms with Gasteiger partial charge >= 0.3 is 6.18 Å². The number of hydrogen-bond donors (Lipinski definition) is 1. The molecule has 3 rings (SSSR count). The minimum Gasteiger partial charge on any atom is -0.364 e. The number of rotatable bonds is 4. The Kier molecular flexibility index (Phi) is 3.92. The van der Waals surface area contributed by atoms with Gasteiger partial charge in [0, 0.05) is 25.1 Å². The zero-order valence-electron chi connectivity index (χ0n) is 11.7. The fourth-order valence-corrected chi connectivity index (χ4v) is 1.84. The lowest BCUT2D eigenvalue weighted by Gasteiger charge is -2.08. The molecule has 0 fully saturated rings. The predicted molar refractivity (Wildman–Crippen MR) is 75.7 cm³/mol. The molecule has 0 saturated carbocycles. The summed E-state index contributed by atoms with van der Waals surface area (Å²) in [5, 5.41) is 9.54. The molecule has 9 heteroatoms. The maximum absolute atomic E-state index is 12.4. The van der Waals surface area contributed by atoms with E-state index in [1.54, 1.807) is 29.5 Å². The first-order valence-electron chi connectivity index (χ1n) is 6.60. The molecular weight excluding hydrogens is 309 g/mol. The van der Waals surface area contributed by atoms with Crippen LogP contribution in [0.2, 0.25) is 0 Å². The minimum absolute atomic E-state index is 0.261. The van der Waals surface area contributed by atoms with Crippen LogP contribution in [-0.4, -0.2) is 24.7 Å². The average Bonchev–Trinajstić information content (AvgIpc) is 3.07. The molecule has 0 bridgehead atoms. The largest absolute Gasteiger partial charge is 0.435 e. The van der Waals surface area contributed by atoms with E-state index in [1.807, 2.05) is 12.1 Å². The van der Waals surface area contributed by atoms with E-state index in [1.165, 1.54) is 6.07 Å². The van der Waals surface area contributed by atoms with Crippen molar-refractivity contribution in [3.05, 3.63) is 60.4 Å². The Balaban J connectivity index is 1.62. The van der Waals surface area contributed by atoms with E-state index in [9.17, 15) is 13.2 Å². The summed E-state index contributed by atoms with van der Waals surface area (Å²) >= 11 is 0. The first-order chi connectivity index (χ1) is 11.0. The first-order valence-corrected chi connectivity index (χ1v) is 6.60. The zero-order chi connectivity index (χ0) is 16.3. The maximum atomic E-state index is 12.4. The summed E-state index contributed by atoms with van der Waals surface area (Å²) < 4.78 is 38.9. The molecule has 3 aromatic rings. The Labute approximate surface area is 129 Å². The van der Waals surface area contributed by atoms with Crippen LogP contribution in [0.5, 0.6) is 0 Å². The summed E-state index contributed by atoms with van der Waals surface area (Å²) in [7, 11) is 0. The van der Waals surface area contributed by atoms with Gasteiger partial charge in [-0.15, -0.1) is 10.2 Å². The molecule has 6 nitrogen and oxygen atoms in total. The number of anilines is 1. The zero-order valence-corrected chi connectivity index (χ0v) is 11.7. The Morgan fingerprint density at radius 3 is 2.52 bits per heavy atom. The molecule has 0 aliphatic carbocycles. The van der Waals surface area contributed by atoms with Crippen LogP contribution in [0.4, 0.5) is 19.0 Å². The van der Waals surface area contributed by atoms with Gasteiger partial charge in [-0.25, -0.2) is 9.97 Å². The molecule has 0 saturated heterocycles. The molecule has 0 spiro atoms. The average molecular weight is 320 g/mol. The highest BCUT2D eigenvalue weighted by atomic mass is 19.4. The Morgan fingerprint density at radius 1 is 1.09 bits per heavy atom. The van der Waals surface area contributed by atoms with Crippen LogP contribution < -0.4 is 5.32 Å². The van der Waals surface area contributed by atoms with E-state index in [0.717, 1.165) is 17.4 Å². The van der Waals surface area contributed by atoms with Gasteiger partial charge in [0.2, 0.25) is 0 Å². The lowest BCUT2D eigenvalue weighted by atomic mass is 10.3. The van der Waals surface area contributed by atoms with E-state index >= 15 is 0 Å². The lowest BCUT2D eigenvalue weighted by molar-refractivity contribution is -0.141. The third-order valence-corrected chi connectivity index (χ3v) is 3.01. The summed E-state index contributed by atoms with van der Waals surface area (Å²) in [5.74, 6) is 0.984. The van der Waals surface area contributed by atoms with Crippen LogP contribution in [0.1, 0.15) is 11.3 Å². The van der Waals surface area contributed by atoms with E-state index < -0.39 is 11.9 Å². The SMILES string of the molecule is FC(F)(F)c1ccc(NCc2ccc(-n3ccnc3)nc2)nn1. The van der Waals surface area contributed by atoms with Crippen LogP contribution in [0, 0.1) is 0 Å². The van der Waals surface area contributed by atoms with Gasteiger partial charge in [-0.2, -0.15) is 13.2 Å². The van der Waals surface area contributed by atoms with Gasteiger partial charge in [-0.1, -0.05) is 6.07 Å². The molecule has 0 radical (unpaired) electrons. The molecule has 0 atom stereocenters. The summed E-state index contributed by atoms with van der Waals surface area (Å²) in [6.07, 6.45) is 2.25. The van der Waals surface area contributed by atoms with Crippen molar-refractivity contribution in [2.24, 2.45) is 0 Å². The van der Waals surface area contributed by atoms with E-state index in [-0.39, 0.29) is 5.82 Å². The molecule has 0 aliphatic rings. The van der Waals surface area contributed by atoms with Gasteiger partial charge in [0.1, 0.15) is 18.0 Å². The number of halogens is 3. The smallest absolute Gasteiger partial charge is 0.364 e. The van der Waals surface area contributed by atoms with Crippen LogP contribution in [0.25, 0.3) is 5.82 Å². The summed E-state index contributed by atoms with van der Waals surface area (Å²) in [6.45, 7) is 0.372. The molecule has 3 heterocycles. The van der Waals surface area contributed by atoms with Gasteiger partial charge in [0.15, 0.2) is 5.69 Å². The third kappa shape index (κ3) is 3.62. The molecule has 23 heavy (non-hydrogen) atoms. The number of nitrogens with one attached hydrogen (secondary N) is 1. The minimum atomic E-state index is -4.49. The molecule has 118 valence electrons. The number of aromatic nitrogens is 5. The maximum Gasteiger partial charge on any atom is 0.435 e. The second-order valence-corrected chi connectivity index (χ2v) is 4.65. The van der Waals surface area contributed by atoms with E-state index in [4.69, 9.17) is 0 Å². The first kappa shape index (κ1) is 14.9. The molecule has 1 N–H and O–H groups in total. The highest BCUT2D eigenvalue weighted by Crippen LogP contribution is 2.27. The van der Waals surface area contributed by atoms with Crippen LogP contribution in [0.3, 0.4) is 0 Å². The van der Waals surface area contributed by atoms with Crippen molar-refractivity contribution in [3.8, 4) is 5.82 Å². The van der Waals surface area contributed by atoms with Gasteiger partial charge < -0.3 is 5.32 Å². The van der Waals surface area contributed by atoms with Crippen LogP contribution in [0.15, 0.2) is 49.2 Å². The molecular formula is C14H11F3N6. The second kappa shape index (κ2) is 6.03. The van der Waals surface area contributed by atoms with Crippen molar-refractivity contribution in [3.63, 3.8) is 0 Å². The molecule has 0 amide bonds. The highest BCUT2D eigenvalue weighted by molar-refractivity contribution is 5.35. The van der Waals surface area contributed by atoms with Crippen LogP contribution >= 0.6 is 0 Å². The number of nitrogens with zero attached hydrogens (tertiary/aromatic N) is 5. The molecule has 3 aromatic heterocycles. The molecule has 0 aromatic carbocycles. The van der Waals surface area contributed by atoms with Gasteiger partial charge in [0.25, 0.3) is 0 Å². The van der Waals surface area contributed by atoms with Gasteiger partial charge in [0.05, 0.1) is 0 Å². The topological polar surface area (TPSA) is 68.5 Å². The number of pyridine rings is 1. The van der Waals surface area contributed by atoms with Crippen molar-refractivity contribution in [1.29, 1.82) is 0 Å². The molecule has 0 aliphatic heterocycles. The van der Waals surface area contributed by atoms with E-state index in [0.29, 0.717) is 6.54 Å². The van der Waals surface area contributed by atoms with Crippen molar-refractivity contribution in [1.82, 2.24) is 24.7 Å². The van der Waals surface area contributed by atoms with Crippen LogP contribution in [-0.2, 0) is 12.7 Å². The Hall–Kier alpha value is -2.97. The predicted octanol–water partition coefficient (Wildman–Crippen LogP) is 2.69. The van der Waals surface area contributed by atoms with Gasteiger partial charge in [-0.3, -0.25) is 4.57 Å². The number of imidazole rings is 1.